The lowest BCUT2D eigenvalue weighted by molar-refractivity contribution is -0.126. The molecule has 3 unspecified atom stereocenters. The molecule has 206 valence electrons. The average molecular weight is 534 g/mol. The van der Waals surface area contributed by atoms with Crippen molar-refractivity contribution in [3.05, 3.63) is 65.3 Å². The van der Waals surface area contributed by atoms with E-state index >= 15 is 0 Å². The van der Waals surface area contributed by atoms with E-state index in [-0.39, 0.29) is 29.7 Å². The first-order valence-electron chi connectivity index (χ1n) is 13.6. The maximum absolute atomic E-state index is 14.0. The van der Waals surface area contributed by atoms with Crippen LogP contribution in [0.15, 0.2) is 47.0 Å². The third-order valence-corrected chi connectivity index (χ3v) is 7.66. The number of methoxy groups -OCH3 is 2. The van der Waals surface area contributed by atoms with E-state index in [1.54, 1.807) is 12.1 Å². The molecule has 1 aliphatic carbocycles. The largest absolute Gasteiger partial charge is 0.481 e. The van der Waals surface area contributed by atoms with E-state index in [9.17, 15) is 9.59 Å². The minimum atomic E-state index is -0.390. The summed E-state index contributed by atoms with van der Waals surface area (Å²) in [6.07, 6.45) is 5.41. The summed E-state index contributed by atoms with van der Waals surface area (Å²) in [6, 6.07) is 13.0. The fraction of sp³-hybridized carbons (Fsp3) is 0.483. The molecule has 10 nitrogen and oxygen atoms in total. The lowest BCUT2D eigenvalue weighted by Gasteiger charge is -2.33. The van der Waals surface area contributed by atoms with Crippen molar-refractivity contribution in [1.82, 2.24) is 25.3 Å². The average Bonchev–Trinajstić information content (AvgIpc) is 3.61. The summed E-state index contributed by atoms with van der Waals surface area (Å²) in [5.74, 6) is 0.927. The van der Waals surface area contributed by atoms with E-state index < -0.39 is 5.92 Å². The quantitative estimate of drug-likeness (QED) is 0.509. The van der Waals surface area contributed by atoms with Crippen molar-refractivity contribution in [2.24, 2.45) is 5.92 Å². The van der Waals surface area contributed by atoms with Crippen LogP contribution in [0.2, 0.25) is 0 Å². The molecule has 1 aliphatic heterocycles. The number of nitrogens with one attached hydrogen (secondary N) is 1. The first-order valence-corrected chi connectivity index (χ1v) is 13.6. The van der Waals surface area contributed by atoms with Gasteiger partial charge >= 0.3 is 0 Å². The Bertz CT molecular complexity index is 1280. The van der Waals surface area contributed by atoms with Crippen LogP contribution in [-0.2, 0) is 11.2 Å². The minimum Gasteiger partial charge on any atom is -0.481 e. The van der Waals surface area contributed by atoms with Gasteiger partial charge < -0.3 is 24.2 Å². The smallest absolute Gasteiger partial charge is 0.259 e. The van der Waals surface area contributed by atoms with Gasteiger partial charge in [-0.2, -0.15) is 9.97 Å². The number of rotatable bonds is 6. The SMILES string of the molecule is COc1ccc(C(=O)N2CCCCCCNC(=O)C3CC(c4nc(Cc5ccccc5)no4)CC32)c(OC)n1. The van der Waals surface area contributed by atoms with Gasteiger partial charge in [-0.05, 0) is 37.3 Å². The molecule has 2 aliphatic rings. The summed E-state index contributed by atoms with van der Waals surface area (Å²) in [5.41, 5.74) is 1.44. The van der Waals surface area contributed by atoms with Gasteiger partial charge in [0.25, 0.3) is 5.91 Å². The number of benzene rings is 1. The third-order valence-electron chi connectivity index (χ3n) is 7.66. The predicted octanol–water partition coefficient (Wildman–Crippen LogP) is 3.77. The fourth-order valence-corrected chi connectivity index (χ4v) is 5.66. The van der Waals surface area contributed by atoms with Crippen LogP contribution < -0.4 is 14.8 Å². The monoisotopic (exact) mass is 533 g/mol. The predicted molar refractivity (Wildman–Crippen MR) is 143 cm³/mol. The topological polar surface area (TPSA) is 120 Å². The van der Waals surface area contributed by atoms with Gasteiger partial charge in [0.15, 0.2) is 5.82 Å². The van der Waals surface area contributed by atoms with Gasteiger partial charge in [0.2, 0.25) is 23.6 Å². The maximum Gasteiger partial charge on any atom is 0.259 e. The summed E-state index contributed by atoms with van der Waals surface area (Å²) in [5, 5.41) is 7.31. The summed E-state index contributed by atoms with van der Waals surface area (Å²) >= 11 is 0. The molecule has 39 heavy (non-hydrogen) atoms. The molecule has 5 rings (SSSR count). The van der Waals surface area contributed by atoms with Crippen molar-refractivity contribution < 1.29 is 23.6 Å². The Hall–Kier alpha value is -3.95. The van der Waals surface area contributed by atoms with E-state index in [1.165, 1.54) is 14.2 Å². The number of carbonyl (C=O) groups is 2. The normalized spacial score (nSPS) is 21.9. The first-order chi connectivity index (χ1) is 19.1. The van der Waals surface area contributed by atoms with E-state index in [0.29, 0.717) is 55.5 Å². The number of pyridine rings is 1. The van der Waals surface area contributed by atoms with Gasteiger partial charge in [0.1, 0.15) is 5.56 Å². The summed E-state index contributed by atoms with van der Waals surface area (Å²) in [7, 11) is 3.00. The van der Waals surface area contributed by atoms with E-state index in [2.05, 4.69) is 20.4 Å². The molecule has 3 atom stereocenters. The summed E-state index contributed by atoms with van der Waals surface area (Å²) in [4.78, 5) is 38.2. The number of amides is 2. The van der Waals surface area contributed by atoms with Crippen molar-refractivity contribution in [3.63, 3.8) is 0 Å². The van der Waals surface area contributed by atoms with Crippen LogP contribution in [0.5, 0.6) is 11.8 Å². The zero-order chi connectivity index (χ0) is 27.2. The van der Waals surface area contributed by atoms with Gasteiger partial charge in [0, 0.05) is 37.5 Å². The zero-order valence-electron chi connectivity index (χ0n) is 22.5. The fourth-order valence-electron chi connectivity index (χ4n) is 5.66. The molecule has 0 spiro atoms. The van der Waals surface area contributed by atoms with E-state index in [0.717, 1.165) is 31.2 Å². The van der Waals surface area contributed by atoms with Crippen LogP contribution in [-0.4, -0.2) is 65.2 Å². The highest BCUT2D eigenvalue weighted by molar-refractivity contribution is 5.97. The van der Waals surface area contributed by atoms with Crippen molar-refractivity contribution in [2.45, 2.75) is 56.9 Å². The van der Waals surface area contributed by atoms with E-state index in [4.69, 9.17) is 14.0 Å². The third kappa shape index (κ3) is 6.05. The van der Waals surface area contributed by atoms with E-state index in [1.807, 2.05) is 35.2 Å². The number of carbonyl (C=O) groups excluding carboxylic acids is 2. The highest BCUT2D eigenvalue weighted by Gasteiger charge is 2.46. The summed E-state index contributed by atoms with van der Waals surface area (Å²) < 4.78 is 16.4. The molecule has 0 radical (unpaired) electrons. The molecule has 2 amide bonds. The highest BCUT2D eigenvalue weighted by atomic mass is 16.5. The van der Waals surface area contributed by atoms with Gasteiger partial charge in [-0.15, -0.1) is 0 Å². The summed E-state index contributed by atoms with van der Waals surface area (Å²) in [6.45, 7) is 1.18. The molecule has 0 bridgehead atoms. The number of ether oxygens (including phenoxy) is 2. The Balaban J connectivity index is 1.43. The number of fused-ring (bicyclic) bond motifs is 1. The molecule has 10 heteroatoms. The number of hydrogen-bond acceptors (Lipinski definition) is 8. The Morgan fingerprint density at radius 2 is 1.85 bits per heavy atom. The minimum absolute atomic E-state index is 0.0361. The molecule has 3 aromatic rings. The Labute approximate surface area is 228 Å². The molecule has 2 fully saturated rings. The van der Waals surface area contributed by atoms with Crippen molar-refractivity contribution >= 4 is 11.8 Å². The maximum atomic E-state index is 14.0. The van der Waals surface area contributed by atoms with Gasteiger partial charge in [-0.1, -0.05) is 48.3 Å². The van der Waals surface area contributed by atoms with Crippen molar-refractivity contribution in [3.8, 4) is 11.8 Å². The van der Waals surface area contributed by atoms with Crippen LogP contribution in [0.25, 0.3) is 0 Å². The van der Waals surface area contributed by atoms with Crippen LogP contribution in [0.1, 0.15) is 72.1 Å². The molecule has 1 saturated heterocycles. The molecule has 1 aromatic carbocycles. The second-order valence-corrected chi connectivity index (χ2v) is 10.2. The molecule has 1 N–H and O–H groups in total. The van der Waals surface area contributed by atoms with Crippen LogP contribution in [0.4, 0.5) is 0 Å². The van der Waals surface area contributed by atoms with Gasteiger partial charge in [-0.25, -0.2) is 0 Å². The standard InChI is InChI=1S/C29H35N5O5/c1-37-25-13-12-21(28(32-25)38-2)29(36)34-15-9-4-3-8-14-30-26(35)22-17-20(18-23(22)34)27-31-24(33-39-27)16-19-10-6-5-7-11-19/h5-7,10-13,20,22-23H,3-4,8-9,14-18H2,1-2H3,(H,30,35). The Morgan fingerprint density at radius 1 is 1.03 bits per heavy atom. The molecule has 3 heterocycles. The molecule has 1 saturated carbocycles. The molecular weight excluding hydrogens is 498 g/mol. The van der Waals surface area contributed by atoms with Crippen LogP contribution in [0.3, 0.4) is 0 Å². The van der Waals surface area contributed by atoms with Gasteiger partial charge in [-0.3, -0.25) is 9.59 Å². The molecular formula is C29H35N5O5. The lowest BCUT2D eigenvalue weighted by atomic mass is 9.99. The lowest BCUT2D eigenvalue weighted by Crippen LogP contribution is -2.47. The number of aromatic nitrogens is 3. The number of nitrogens with zero attached hydrogens (tertiary/aromatic N) is 4. The second kappa shape index (κ2) is 12.3. The van der Waals surface area contributed by atoms with Gasteiger partial charge in [0.05, 0.1) is 20.1 Å². The van der Waals surface area contributed by atoms with Crippen molar-refractivity contribution in [1.29, 1.82) is 0 Å². The Morgan fingerprint density at radius 3 is 2.64 bits per heavy atom. The van der Waals surface area contributed by atoms with Crippen LogP contribution in [0, 0.1) is 5.92 Å². The molecule has 2 aromatic heterocycles. The second-order valence-electron chi connectivity index (χ2n) is 10.2. The highest BCUT2D eigenvalue weighted by Crippen LogP contribution is 2.42. The van der Waals surface area contributed by atoms with Crippen LogP contribution >= 0.6 is 0 Å². The Kier molecular flexibility index (Phi) is 8.39. The first kappa shape index (κ1) is 26.6. The number of hydrogen-bond donors (Lipinski definition) is 1. The zero-order valence-corrected chi connectivity index (χ0v) is 22.5. The van der Waals surface area contributed by atoms with Crippen molar-refractivity contribution in [2.75, 3.05) is 27.3 Å².